The summed E-state index contributed by atoms with van der Waals surface area (Å²) in [5.74, 6) is 1.06. The summed E-state index contributed by atoms with van der Waals surface area (Å²) in [6, 6.07) is 6.21. The molecule has 1 aliphatic rings. The van der Waals surface area contributed by atoms with Crippen molar-refractivity contribution in [1.29, 1.82) is 0 Å². The summed E-state index contributed by atoms with van der Waals surface area (Å²) >= 11 is 0. The van der Waals surface area contributed by atoms with Crippen LogP contribution in [0.25, 0.3) is 5.65 Å². The lowest BCUT2D eigenvalue weighted by atomic mass is 10.1. The normalized spacial score (nSPS) is 24.5. The Morgan fingerprint density at radius 1 is 1.33 bits per heavy atom. The van der Waals surface area contributed by atoms with Crippen molar-refractivity contribution in [3.63, 3.8) is 0 Å². The van der Waals surface area contributed by atoms with Gasteiger partial charge in [0, 0.05) is 31.7 Å². The first-order chi connectivity index (χ1) is 10.0. The van der Waals surface area contributed by atoms with Crippen molar-refractivity contribution < 1.29 is 4.74 Å². The highest BCUT2D eigenvalue weighted by atomic mass is 16.5. The minimum atomic E-state index is 0.111. The number of fused-ring (bicyclic) bond motifs is 1. The van der Waals surface area contributed by atoms with E-state index in [0.717, 1.165) is 31.0 Å². The van der Waals surface area contributed by atoms with Gasteiger partial charge >= 0.3 is 0 Å². The van der Waals surface area contributed by atoms with Crippen molar-refractivity contribution in [2.75, 3.05) is 18.0 Å². The number of aromatic nitrogens is 2. The van der Waals surface area contributed by atoms with Gasteiger partial charge in [0.25, 0.3) is 0 Å². The highest BCUT2D eigenvalue weighted by Gasteiger charge is 2.27. The van der Waals surface area contributed by atoms with E-state index < -0.39 is 0 Å². The lowest BCUT2D eigenvalue weighted by Gasteiger charge is -2.36. The van der Waals surface area contributed by atoms with Crippen LogP contribution >= 0.6 is 0 Å². The summed E-state index contributed by atoms with van der Waals surface area (Å²) < 4.78 is 7.99. The Balaban J connectivity index is 2.04. The molecule has 5 heteroatoms. The number of imidazole rings is 1. The first-order valence-electron chi connectivity index (χ1n) is 7.66. The van der Waals surface area contributed by atoms with E-state index in [-0.39, 0.29) is 18.2 Å². The molecule has 3 heterocycles. The van der Waals surface area contributed by atoms with Crippen LogP contribution in [0, 0.1) is 0 Å². The van der Waals surface area contributed by atoms with Gasteiger partial charge in [0.2, 0.25) is 0 Å². The molecule has 1 aliphatic heterocycles. The molecule has 1 unspecified atom stereocenters. The molecule has 2 N–H and O–H groups in total. The standard InChI is InChI=1S/C16H24N4O/c1-11(17)8-14-16(18-15-6-4-5-7-20(14)15)19-9-12(2)21-13(3)10-19/h4-7,11-13H,8-10,17H2,1-3H3/t11?,12-,13+. The third kappa shape index (κ3) is 2.89. The van der Waals surface area contributed by atoms with Gasteiger partial charge in [0.1, 0.15) is 5.65 Å². The predicted molar refractivity (Wildman–Crippen MR) is 84.8 cm³/mol. The molecule has 2 aromatic heterocycles. The number of rotatable bonds is 3. The van der Waals surface area contributed by atoms with E-state index in [2.05, 4.69) is 29.3 Å². The number of hydrogen-bond acceptors (Lipinski definition) is 4. The minimum absolute atomic E-state index is 0.111. The number of nitrogens with two attached hydrogens (primary N) is 1. The van der Waals surface area contributed by atoms with E-state index in [4.69, 9.17) is 15.5 Å². The number of hydrogen-bond donors (Lipinski definition) is 1. The predicted octanol–water partition coefficient (Wildman–Crippen LogP) is 1.84. The van der Waals surface area contributed by atoms with Gasteiger partial charge in [-0.1, -0.05) is 6.07 Å². The number of anilines is 1. The van der Waals surface area contributed by atoms with E-state index >= 15 is 0 Å². The van der Waals surface area contributed by atoms with Crippen LogP contribution in [0.15, 0.2) is 24.4 Å². The van der Waals surface area contributed by atoms with Gasteiger partial charge in [-0.3, -0.25) is 0 Å². The second-order valence-corrected chi connectivity index (χ2v) is 6.15. The van der Waals surface area contributed by atoms with Crippen LogP contribution in [0.1, 0.15) is 26.5 Å². The third-order valence-electron chi connectivity index (χ3n) is 3.84. The van der Waals surface area contributed by atoms with Crippen molar-refractivity contribution in [3.05, 3.63) is 30.1 Å². The Kier molecular flexibility index (Phi) is 3.87. The maximum atomic E-state index is 6.04. The fourth-order valence-electron chi connectivity index (χ4n) is 3.13. The molecule has 2 aromatic rings. The molecule has 1 fully saturated rings. The molecule has 1 saturated heterocycles. The number of morpholine rings is 1. The summed E-state index contributed by atoms with van der Waals surface area (Å²) in [5, 5.41) is 0. The molecule has 0 aliphatic carbocycles. The van der Waals surface area contributed by atoms with Crippen LogP contribution in [0.3, 0.4) is 0 Å². The minimum Gasteiger partial charge on any atom is -0.372 e. The summed E-state index contributed by atoms with van der Waals surface area (Å²) in [6.45, 7) is 8.02. The lowest BCUT2D eigenvalue weighted by molar-refractivity contribution is -0.00548. The highest BCUT2D eigenvalue weighted by molar-refractivity contribution is 5.56. The molecule has 3 rings (SSSR count). The van der Waals surface area contributed by atoms with E-state index in [9.17, 15) is 0 Å². The first-order valence-corrected chi connectivity index (χ1v) is 7.66. The van der Waals surface area contributed by atoms with Crippen LogP contribution in [0.2, 0.25) is 0 Å². The Morgan fingerprint density at radius 2 is 2.05 bits per heavy atom. The molecule has 0 saturated carbocycles. The number of ether oxygens (including phenoxy) is 1. The summed E-state index contributed by atoms with van der Waals surface area (Å²) in [6.07, 6.45) is 3.33. The van der Waals surface area contributed by atoms with Crippen molar-refractivity contribution in [3.8, 4) is 0 Å². The summed E-state index contributed by atoms with van der Waals surface area (Å²) in [4.78, 5) is 7.17. The Hall–Kier alpha value is -1.59. The SMILES string of the molecule is CC(N)Cc1c(N2C[C@@H](C)O[C@@H](C)C2)nc2ccccn12. The topological polar surface area (TPSA) is 55.8 Å². The number of nitrogens with zero attached hydrogens (tertiary/aromatic N) is 3. The van der Waals surface area contributed by atoms with Crippen LogP contribution in [0.4, 0.5) is 5.82 Å². The first kappa shape index (κ1) is 14.4. The van der Waals surface area contributed by atoms with E-state index in [0.29, 0.717) is 0 Å². The van der Waals surface area contributed by atoms with Gasteiger partial charge in [-0.25, -0.2) is 4.98 Å². The molecule has 0 bridgehead atoms. The second kappa shape index (κ2) is 5.66. The monoisotopic (exact) mass is 288 g/mol. The summed E-state index contributed by atoms with van der Waals surface area (Å²) in [7, 11) is 0. The van der Waals surface area contributed by atoms with Gasteiger partial charge < -0.3 is 19.8 Å². The van der Waals surface area contributed by atoms with Gasteiger partial charge in [-0.15, -0.1) is 0 Å². The van der Waals surface area contributed by atoms with Crippen LogP contribution < -0.4 is 10.6 Å². The average Bonchev–Trinajstić information content (AvgIpc) is 2.76. The second-order valence-electron chi connectivity index (χ2n) is 6.15. The van der Waals surface area contributed by atoms with E-state index in [1.54, 1.807) is 0 Å². The molecule has 0 aromatic carbocycles. The molecule has 21 heavy (non-hydrogen) atoms. The van der Waals surface area contributed by atoms with Crippen molar-refractivity contribution in [1.82, 2.24) is 9.38 Å². The van der Waals surface area contributed by atoms with Crippen molar-refractivity contribution in [2.45, 2.75) is 45.4 Å². The van der Waals surface area contributed by atoms with Crippen molar-refractivity contribution >= 4 is 11.5 Å². The molecular weight excluding hydrogens is 264 g/mol. The van der Waals surface area contributed by atoms with Gasteiger partial charge in [0.15, 0.2) is 5.82 Å². The lowest BCUT2D eigenvalue weighted by Crippen LogP contribution is -2.46. The quantitative estimate of drug-likeness (QED) is 0.936. The van der Waals surface area contributed by atoms with Crippen LogP contribution in [-0.2, 0) is 11.2 Å². The zero-order chi connectivity index (χ0) is 15.0. The average molecular weight is 288 g/mol. The Labute approximate surface area is 125 Å². The van der Waals surface area contributed by atoms with E-state index in [1.807, 2.05) is 25.1 Å². The zero-order valence-electron chi connectivity index (χ0n) is 13.0. The van der Waals surface area contributed by atoms with Crippen molar-refractivity contribution in [2.24, 2.45) is 5.73 Å². The Morgan fingerprint density at radius 3 is 2.71 bits per heavy atom. The number of pyridine rings is 1. The molecule has 3 atom stereocenters. The van der Waals surface area contributed by atoms with Gasteiger partial charge in [0.05, 0.1) is 17.9 Å². The zero-order valence-corrected chi connectivity index (χ0v) is 13.0. The van der Waals surface area contributed by atoms with E-state index in [1.165, 1.54) is 5.69 Å². The highest BCUT2D eigenvalue weighted by Crippen LogP contribution is 2.26. The fraction of sp³-hybridized carbons (Fsp3) is 0.562. The Bertz CT molecular complexity index is 612. The fourth-order valence-corrected chi connectivity index (χ4v) is 3.13. The molecular formula is C16H24N4O. The van der Waals surface area contributed by atoms with Gasteiger partial charge in [-0.05, 0) is 32.9 Å². The summed E-state index contributed by atoms with van der Waals surface area (Å²) in [5.41, 5.74) is 8.22. The van der Waals surface area contributed by atoms with Gasteiger partial charge in [-0.2, -0.15) is 0 Å². The smallest absolute Gasteiger partial charge is 0.151 e. The molecule has 0 spiro atoms. The maximum absolute atomic E-state index is 6.04. The van der Waals surface area contributed by atoms with Crippen LogP contribution in [-0.4, -0.2) is 40.7 Å². The largest absolute Gasteiger partial charge is 0.372 e. The molecule has 114 valence electrons. The molecule has 5 nitrogen and oxygen atoms in total. The maximum Gasteiger partial charge on any atom is 0.151 e. The van der Waals surface area contributed by atoms with Crippen LogP contribution in [0.5, 0.6) is 0 Å². The third-order valence-corrected chi connectivity index (χ3v) is 3.84. The molecule has 0 radical (unpaired) electrons. The molecule has 0 amide bonds.